The van der Waals surface area contributed by atoms with E-state index in [1.54, 1.807) is 103 Å². The zero-order chi connectivity index (χ0) is 42.1. The van der Waals surface area contributed by atoms with E-state index in [-0.39, 0.29) is 42.8 Å². The molecule has 4 atom stereocenters. The van der Waals surface area contributed by atoms with Gasteiger partial charge in [-0.1, -0.05) is 78.9 Å². The number of sulfone groups is 1. The highest BCUT2D eigenvalue weighted by atomic mass is 32.2. The molecule has 14 nitrogen and oxygen atoms in total. The number of nitrogens with zero attached hydrogens (tertiary/aromatic N) is 2. The van der Waals surface area contributed by atoms with E-state index in [9.17, 15) is 27.6 Å². The number of benzene rings is 4. The second-order valence-corrected chi connectivity index (χ2v) is 17.4. The van der Waals surface area contributed by atoms with Crippen LogP contribution in [0.2, 0.25) is 0 Å². The van der Waals surface area contributed by atoms with Gasteiger partial charge < -0.3 is 27.0 Å². The van der Waals surface area contributed by atoms with Crippen LogP contribution in [-0.4, -0.2) is 97.7 Å². The van der Waals surface area contributed by atoms with E-state index in [1.165, 1.54) is 0 Å². The van der Waals surface area contributed by atoms with E-state index in [0.717, 1.165) is 5.56 Å². The molecule has 310 valence electrons. The lowest BCUT2D eigenvalue weighted by Crippen LogP contribution is -2.56. The van der Waals surface area contributed by atoms with Crippen molar-refractivity contribution in [3.63, 3.8) is 0 Å². The monoisotopic (exact) mass is 820 g/mol. The van der Waals surface area contributed by atoms with E-state index < -0.39 is 51.4 Å². The molecule has 1 fully saturated rings. The average Bonchev–Trinajstić information content (AvgIpc) is 3.23. The largest absolute Gasteiger partial charge is 0.384 e. The number of nitrogens with one attached hydrogen (secondary N) is 5. The van der Waals surface area contributed by atoms with Gasteiger partial charge in [-0.05, 0) is 66.8 Å². The van der Waals surface area contributed by atoms with Crippen LogP contribution in [0.15, 0.2) is 103 Å². The summed E-state index contributed by atoms with van der Waals surface area (Å²) in [6.07, 6.45) is 0.129. The standard InChI is InChI=1S/C44H52N8O6S/c1-29-41(53)48-37-16-10-31(11-17-37)24-36(28-59(57,58)27-34-6-4-3-5-7-34)43(55)50-39(44(56)47-26-33-8-14-35(15-9-33)40(45)46)25-32-12-18-38(19-13-32)49-42(54)30(2)52-22-20-51(29)21-23-52/h3-19,29-30,36,39H,20-28H2,1-2H3,(H3,45,46)(H,47,56)(H,48,53)(H,49,54)(H,50,55)/t29-,30-,36+,39+/m1/s1. The van der Waals surface area contributed by atoms with Crippen molar-refractivity contribution in [1.29, 1.82) is 5.41 Å². The number of anilines is 2. The molecular weight excluding hydrogens is 769 g/mol. The Morgan fingerprint density at radius 1 is 0.712 bits per heavy atom. The van der Waals surface area contributed by atoms with Crippen molar-refractivity contribution in [1.82, 2.24) is 20.4 Å². The minimum Gasteiger partial charge on any atom is -0.384 e. The molecular formula is C44H52N8O6S. The zero-order valence-electron chi connectivity index (χ0n) is 33.3. The van der Waals surface area contributed by atoms with Gasteiger partial charge in [0.2, 0.25) is 23.6 Å². The minimum atomic E-state index is -3.81. The predicted octanol–water partition coefficient (Wildman–Crippen LogP) is 3.07. The molecule has 10 rings (SSSR count). The second-order valence-electron chi connectivity index (χ2n) is 15.3. The Morgan fingerprint density at radius 3 is 1.73 bits per heavy atom. The summed E-state index contributed by atoms with van der Waals surface area (Å²) in [5.74, 6) is -3.33. The third kappa shape index (κ3) is 11.8. The third-order valence-electron chi connectivity index (χ3n) is 11.0. The van der Waals surface area contributed by atoms with Gasteiger partial charge in [-0.3, -0.25) is 34.4 Å². The van der Waals surface area contributed by atoms with Crippen molar-refractivity contribution >= 4 is 50.7 Å². The minimum absolute atomic E-state index is 0.0540. The van der Waals surface area contributed by atoms with Crippen molar-refractivity contribution in [2.45, 2.75) is 57.1 Å². The first kappa shape index (κ1) is 42.7. The summed E-state index contributed by atoms with van der Waals surface area (Å²) in [5.41, 5.74) is 9.98. The van der Waals surface area contributed by atoms with Crippen molar-refractivity contribution in [3.8, 4) is 0 Å². The fraction of sp³-hybridized carbons (Fsp3) is 0.341. The SMILES string of the molecule is C[C@@H]1C(=O)Nc2ccc(cc2)C[C@@H](CS(=O)(=O)Cc2ccccc2)C(=O)N[C@H](C(=O)NCc2ccc(C(=N)N)cc2)Cc2ccc(cc2)NC(=O)[C@@H](C)N2CCN1CC2. The first-order valence-corrected chi connectivity index (χ1v) is 21.6. The van der Waals surface area contributed by atoms with Crippen molar-refractivity contribution in [2.24, 2.45) is 11.7 Å². The van der Waals surface area contributed by atoms with Gasteiger partial charge in [0.15, 0.2) is 9.84 Å². The molecule has 4 aromatic carbocycles. The number of nitrogen functional groups attached to an aromatic ring is 1. The molecule has 6 aliphatic rings. The van der Waals surface area contributed by atoms with Crippen LogP contribution in [0.1, 0.15) is 41.7 Å². The van der Waals surface area contributed by atoms with Gasteiger partial charge in [0, 0.05) is 56.1 Å². The molecule has 0 saturated carbocycles. The first-order valence-electron chi connectivity index (χ1n) is 19.8. The number of amides is 4. The summed E-state index contributed by atoms with van der Waals surface area (Å²) >= 11 is 0. The van der Waals surface area contributed by atoms with Crippen LogP contribution >= 0.6 is 0 Å². The van der Waals surface area contributed by atoms with Crippen LogP contribution in [0.5, 0.6) is 0 Å². The lowest BCUT2D eigenvalue weighted by molar-refractivity contribution is -0.130. The van der Waals surface area contributed by atoms with Crippen molar-refractivity contribution in [3.05, 3.63) is 131 Å². The van der Waals surface area contributed by atoms with Crippen LogP contribution in [-0.2, 0) is 54.2 Å². The van der Waals surface area contributed by atoms with Crippen LogP contribution in [0.25, 0.3) is 0 Å². The maximum absolute atomic E-state index is 14.3. The quantitative estimate of drug-likeness (QED) is 0.114. The highest BCUT2D eigenvalue weighted by Gasteiger charge is 2.32. The Bertz CT molecular complexity index is 2230. The number of fused-ring (bicyclic) bond motifs is 1. The number of amidine groups is 1. The highest BCUT2D eigenvalue weighted by molar-refractivity contribution is 7.90. The maximum atomic E-state index is 14.3. The van der Waals surface area contributed by atoms with Crippen LogP contribution in [0.4, 0.5) is 11.4 Å². The Hall–Kier alpha value is -5.90. The summed E-state index contributed by atoms with van der Waals surface area (Å²) in [7, 11) is -3.81. The van der Waals surface area contributed by atoms with Crippen LogP contribution in [0.3, 0.4) is 0 Å². The summed E-state index contributed by atoms with van der Waals surface area (Å²) in [6.45, 7) is 6.27. The normalized spacial score (nSPS) is 23.1. The lowest BCUT2D eigenvalue weighted by Gasteiger charge is -2.39. The third-order valence-corrected chi connectivity index (χ3v) is 12.7. The topological polar surface area (TPSA) is 207 Å². The molecule has 1 saturated heterocycles. The number of carbonyl (C=O) groups excluding carboxylic acids is 4. The van der Waals surface area contributed by atoms with Crippen molar-refractivity contribution in [2.75, 3.05) is 42.6 Å². The van der Waals surface area contributed by atoms with E-state index >= 15 is 0 Å². The molecule has 6 bridgehead atoms. The number of rotatable bonds is 8. The Labute approximate surface area is 345 Å². The molecule has 7 N–H and O–H groups in total. The molecule has 15 heteroatoms. The molecule has 0 unspecified atom stereocenters. The zero-order valence-corrected chi connectivity index (χ0v) is 34.1. The smallest absolute Gasteiger partial charge is 0.243 e. The maximum Gasteiger partial charge on any atom is 0.243 e. The van der Waals surface area contributed by atoms with E-state index in [2.05, 4.69) is 31.1 Å². The number of hydrogen-bond acceptors (Lipinski definition) is 9. The first-order chi connectivity index (χ1) is 28.2. The fourth-order valence-electron chi connectivity index (χ4n) is 7.34. The Morgan fingerprint density at radius 2 is 1.22 bits per heavy atom. The Balaban J connectivity index is 1.30. The number of hydrogen-bond donors (Lipinski definition) is 6. The summed E-state index contributed by atoms with van der Waals surface area (Å²) in [6, 6.07) is 27.7. The lowest BCUT2D eigenvalue weighted by atomic mass is 9.98. The molecule has 59 heavy (non-hydrogen) atoms. The van der Waals surface area contributed by atoms with Gasteiger partial charge in [-0.25, -0.2) is 8.42 Å². The van der Waals surface area contributed by atoms with Gasteiger partial charge in [0.25, 0.3) is 0 Å². The van der Waals surface area contributed by atoms with E-state index in [1.807, 2.05) is 13.8 Å². The summed E-state index contributed by atoms with van der Waals surface area (Å²) in [5, 5.41) is 19.4. The highest BCUT2D eigenvalue weighted by Crippen LogP contribution is 2.20. The molecule has 0 aliphatic carbocycles. The predicted molar refractivity (Wildman–Crippen MR) is 228 cm³/mol. The number of carbonyl (C=O) groups is 4. The van der Waals surface area contributed by atoms with Crippen molar-refractivity contribution < 1.29 is 27.6 Å². The fourth-order valence-corrected chi connectivity index (χ4v) is 9.04. The molecule has 0 spiro atoms. The Kier molecular flexibility index (Phi) is 13.9. The van der Waals surface area contributed by atoms with Gasteiger partial charge in [0.1, 0.15) is 11.9 Å². The van der Waals surface area contributed by atoms with E-state index in [0.29, 0.717) is 59.8 Å². The van der Waals surface area contributed by atoms with Gasteiger partial charge in [-0.15, -0.1) is 0 Å². The molecule has 4 aromatic rings. The van der Waals surface area contributed by atoms with E-state index in [4.69, 9.17) is 11.1 Å². The molecule has 6 aliphatic heterocycles. The molecule has 4 amide bonds. The molecule has 6 heterocycles. The van der Waals surface area contributed by atoms with Crippen LogP contribution in [0, 0.1) is 11.3 Å². The van der Waals surface area contributed by atoms with Gasteiger partial charge in [0.05, 0.1) is 29.5 Å². The van der Waals surface area contributed by atoms with Crippen LogP contribution < -0.4 is 27.0 Å². The molecule has 0 aromatic heterocycles. The summed E-state index contributed by atoms with van der Waals surface area (Å²) < 4.78 is 27.4. The summed E-state index contributed by atoms with van der Waals surface area (Å²) in [4.78, 5) is 59.1. The second kappa shape index (κ2) is 19.2. The van der Waals surface area contributed by atoms with Gasteiger partial charge in [-0.2, -0.15) is 0 Å². The molecule has 0 radical (unpaired) electrons. The average molecular weight is 821 g/mol. The number of nitrogens with two attached hydrogens (primary N) is 1. The van der Waals surface area contributed by atoms with Gasteiger partial charge >= 0.3 is 0 Å². The number of piperazine rings is 1.